The largest absolute Gasteiger partial charge is 0.330 e. The molecule has 4 heteroatoms. The van der Waals surface area contributed by atoms with Gasteiger partial charge in [-0.2, -0.15) is 0 Å². The Morgan fingerprint density at radius 1 is 1.08 bits per heavy atom. The van der Waals surface area contributed by atoms with E-state index in [-0.39, 0.29) is 18.0 Å². The maximum absolute atomic E-state index is 12.6. The van der Waals surface area contributed by atoms with Crippen molar-refractivity contribution in [2.45, 2.75) is 46.7 Å². The van der Waals surface area contributed by atoms with Crippen molar-refractivity contribution in [2.75, 3.05) is 5.32 Å². The van der Waals surface area contributed by atoms with Gasteiger partial charge in [-0.15, -0.1) is 0 Å². The topological polar surface area (TPSA) is 45.7 Å². The van der Waals surface area contributed by atoms with E-state index in [0.717, 1.165) is 27.4 Å². The average Bonchev–Trinajstić information content (AvgIpc) is 2.50. The Bertz CT molecular complexity index is 719. The summed E-state index contributed by atoms with van der Waals surface area (Å²) in [6.45, 7) is 10.1. The number of halogens is 1. The number of aryl methyl sites for hydroxylation is 3. The van der Waals surface area contributed by atoms with Gasteiger partial charge in [-0.25, -0.2) is 0 Å². The lowest BCUT2D eigenvalue weighted by molar-refractivity contribution is -0.709. The van der Waals surface area contributed by atoms with E-state index in [0.29, 0.717) is 0 Å². The Kier molecular flexibility index (Phi) is 6.03. The molecule has 2 atom stereocenters. The Balaban J connectivity index is 2.07. The minimum Gasteiger partial charge on any atom is -0.330 e. The summed E-state index contributed by atoms with van der Waals surface area (Å²) in [7, 11) is 0. The van der Waals surface area contributed by atoms with Gasteiger partial charge in [0.2, 0.25) is 0 Å². The Morgan fingerprint density at radius 3 is 2.25 bits per heavy atom. The number of carbonyl (C=O) groups excluding carboxylic acids is 1. The molecule has 0 radical (unpaired) electrons. The SMILES string of the molecule is Cc1cc(C)c(NC(=O)[C@H](C)[NH2+][C@H](C)c2ccccc2Cl)c(C)c1. The Hall–Kier alpha value is -1.84. The number of hydrogen-bond acceptors (Lipinski definition) is 1. The first-order valence-corrected chi connectivity index (χ1v) is 8.65. The number of hydrogen-bond donors (Lipinski definition) is 2. The van der Waals surface area contributed by atoms with E-state index in [2.05, 4.69) is 31.3 Å². The molecule has 24 heavy (non-hydrogen) atoms. The highest BCUT2D eigenvalue weighted by Gasteiger charge is 2.22. The molecule has 2 rings (SSSR count). The van der Waals surface area contributed by atoms with Crippen molar-refractivity contribution >= 4 is 23.2 Å². The molecule has 1 amide bonds. The van der Waals surface area contributed by atoms with Gasteiger partial charge in [0, 0.05) is 16.3 Å². The van der Waals surface area contributed by atoms with Crippen LogP contribution in [0.3, 0.4) is 0 Å². The van der Waals surface area contributed by atoms with Gasteiger partial charge in [0.25, 0.3) is 5.91 Å². The lowest BCUT2D eigenvalue weighted by Gasteiger charge is -2.19. The Labute approximate surface area is 149 Å². The normalized spacial score (nSPS) is 13.4. The highest BCUT2D eigenvalue weighted by Crippen LogP contribution is 2.22. The van der Waals surface area contributed by atoms with Crippen LogP contribution >= 0.6 is 11.6 Å². The third kappa shape index (κ3) is 4.37. The van der Waals surface area contributed by atoms with Crippen molar-refractivity contribution in [1.29, 1.82) is 0 Å². The van der Waals surface area contributed by atoms with Crippen LogP contribution in [0, 0.1) is 20.8 Å². The van der Waals surface area contributed by atoms with Crippen LogP contribution in [0.2, 0.25) is 5.02 Å². The van der Waals surface area contributed by atoms with Crippen molar-refractivity contribution in [1.82, 2.24) is 0 Å². The van der Waals surface area contributed by atoms with Crippen LogP contribution in [0.25, 0.3) is 0 Å². The lowest BCUT2D eigenvalue weighted by Crippen LogP contribution is -2.91. The van der Waals surface area contributed by atoms with E-state index in [1.807, 2.05) is 50.4 Å². The fourth-order valence-electron chi connectivity index (χ4n) is 3.08. The zero-order valence-corrected chi connectivity index (χ0v) is 15.7. The fraction of sp³-hybridized carbons (Fsp3) is 0.350. The molecule has 2 aromatic rings. The summed E-state index contributed by atoms with van der Waals surface area (Å²) < 4.78 is 0. The summed E-state index contributed by atoms with van der Waals surface area (Å²) in [4.78, 5) is 12.6. The third-order valence-electron chi connectivity index (χ3n) is 4.31. The van der Waals surface area contributed by atoms with E-state index >= 15 is 0 Å². The summed E-state index contributed by atoms with van der Waals surface area (Å²) in [5.74, 6) is 0.00366. The van der Waals surface area contributed by atoms with E-state index in [4.69, 9.17) is 11.6 Å². The molecule has 0 aliphatic heterocycles. The molecule has 0 fully saturated rings. The number of benzene rings is 2. The zero-order valence-electron chi connectivity index (χ0n) is 15.0. The average molecular weight is 346 g/mol. The quantitative estimate of drug-likeness (QED) is 0.847. The molecule has 0 bridgehead atoms. The summed E-state index contributed by atoms with van der Waals surface area (Å²) in [5.41, 5.74) is 5.34. The maximum atomic E-state index is 12.6. The molecule has 0 spiro atoms. The fourth-order valence-corrected chi connectivity index (χ4v) is 3.39. The summed E-state index contributed by atoms with van der Waals surface area (Å²) >= 11 is 6.25. The van der Waals surface area contributed by atoms with Gasteiger partial charge in [0.05, 0.1) is 0 Å². The molecule has 3 N–H and O–H groups in total. The van der Waals surface area contributed by atoms with Crippen molar-refractivity contribution in [3.8, 4) is 0 Å². The molecule has 3 nitrogen and oxygen atoms in total. The van der Waals surface area contributed by atoms with Gasteiger partial charge in [-0.1, -0.05) is 47.5 Å². The van der Waals surface area contributed by atoms with Gasteiger partial charge in [0.1, 0.15) is 6.04 Å². The van der Waals surface area contributed by atoms with E-state index in [1.54, 1.807) is 0 Å². The zero-order chi connectivity index (χ0) is 17.9. The molecule has 0 aliphatic carbocycles. The monoisotopic (exact) mass is 345 g/mol. The number of rotatable bonds is 5. The van der Waals surface area contributed by atoms with Gasteiger partial charge in [-0.05, 0) is 51.8 Å². The molecule has 0 heterocycles. The summed E-state index contributed by atoms with van der Waals surface area (Å²) in [5, 5.41) is 5.85. The minimum atomic E-state index is -0.212. The number of carbonyl (C=O) groups is 1. The standard InChI is InChI=1S/C20H25ClN2O/c1-12-10-13(2)19(14(3)11-12)23-20(24)16(5)22-15(4)17-8-6-7-9-18(17)21/h6-11,15-16,22H,1-5H3,(H,23,24)/p+1/t15-,16+/m1/s1. The van der Waals surface area contributed by atoms with Crippen LogP contribution < -0.4 is 10.6 Å². The molecule has 0 unspecified atom stereocenters. The van der Waals surface area contributed by atoms with Crippen LogP contribution in [0.4, 0.5) is 5.69 Å². The predicted octanol–water partition coefficient (Wildman–Crippen LogP) is 3.92. The maximum Gasteiger partial charge on any atom is 0.282 e. The lowest BCUT2D eigenvalue weighted by atomic mass is 10.0. The first kappa shape index (κ1) is 18.5. The smallest absolute Gasteiger partial charge is 0.282 e. The number of nitrogens with two attached hydrogens (primary N) is 1. The number of anilines is 1. The minimum absolute atomic E-state index is 0.00366. The molecule has 0 aliphatic rings. The molecular weight excluding hydrogens is 320 g/mol. The van der Waals surface area contributed by atoms with Crippen molar-refractivity contribution in [2.24, 2.45) is 0 Å². The van der Waals surface area contributed by atoms with Crippen LogP contribution in [0.1, 0.15) is 42.1 Å². The molecule has 128 valence electrons. The van der Waals surface area contributed by atoms with Gasteiger partial charge in [0.15, 0.2) is 6.04 Å². The van der Waals surface area contributed by atoms with Gasteiger partial charge < -0.3 is 10.6 Å². The number of amides is 1. The van der Waals surface area contributed by atoms with Crippen LogP contribution in [-0.4, -0.2) is 11.9 Å². The second-order valence-electron chi connectivity index (χ2n) is 6.55. The molecular formula is C20H26ClN2O+. The van der Waals surface area contributed by atoms with Crippen molar-refractivity contribution in [3.63, 3.8) is 0 Å². The highest BCUT2D eigenvalue weighted by atomic mass is 35.5. The van der Waals surface area contributed by atoms with Crippen LogP contribution in [0.15, 0.2) is 36.4 Å². The second kappa shape index (κ2) is 7.82. The third-order valence-corrected chi connectivity index (χ3v) is 4.66. The summed E-state index contributed by atoms with van der Waals surface area (Å²) in [6, 6.07) is 11.8. The Morgan fingerprint density at radius 2 is 1.67 bits per heavy atom. The van der Waals surface area contributed by atoms with Crippen LogP contribution in [-0.2, 0) is 4.79 Å². The molecule has 2 aromatic carbocycles. The number of nitrogens with one attached hydrogen (secondary N) is 1. The second-order valence-corrected chi connectivity index (χ2v) is 6.96. The van der Waals surface area contributed by atoms with E-state index in [1.165, 1.54) is 5.56 Å². The van der Waals surface area contributed by atoms with Gasteiger partial charge >= 0.3 is 0 Å². The first-order chi connectivity index (χ1) is 11.3. The summed E-state index contributed by atoms with van der Waals surface area (Å²) in [6.07, 6.45) is 0. The first-order valence-electron chi connectivity index (χ1n) is 8.27. The highest BCUT2D eigenvalue weighted by molar-refractivity contribution is 6.31. The van der Waals surface area contributed by atoms with E-state index in [9.17, 15) is 4.79 Å². The van der Waals surface area contributed by atoms with Crippen molar-refractivity contribution < 1.29 is 10.1 Å². The van der Waals surface area contributed by atoms with Gasteiger partial charge in [-0.3, -0.25) is 4.79 Å². The van der Waals surface area contributed by atoms with E-state index < -0.39 is 0 Å². The molecule has 0 aromatic heterocycles. The predicted molar refractivity (Wildman–Crippen MR) is 101 cm³/mol. The molecule has 0 saturated carbocycles. The molecule has 0 saturated heterocycles. The number of quaternary nitrogens is 1. The van der Waals surface area contributed by atoms with Crippen molar-refractivity contribution in [3.05, 3.63) is 63.7 Å². The van der Waals surface area contributed by atoms with Crippen LogP contribution in [0.5, 0.6) is 0 Å².